The molecule has 0 aromatic carbocycles. The number of nitrogens with one attached hydrogen (secondary N) is 1. The standard InChI is InChI=1S/C18H26N2O7S/c1-10(2)15(20(3)9-11-6-7-13(28-11)17(23)24)16(22)19-12(18(25)27-5)8-14(21)26-4/h6-7,10,12,15H,8-9H2,1-5H3,(H,19,22)(H,23,24)/t12-,15-/m0/s1. The lowest BCUT2D eigenvalue weighted by molar-refractivity contribution is -0.151. The van der Waals surface area contributed by atoms with Gasteiger partial charge in [-0.25, -0.2) is 9.59 Å². The first-order valence-corrected chi connectivity index (χ1v) is 9.39. The third-order valence-corrected chi connectivity index (χ3v) is 5.11. The number of hydrogen-bond donors (Lipinski definition) is 2. The number of carboxylic acids is 1. The Morgan fingerprint density at radius 2 is 1.82 bits per heavy atom. The van der Waals surface area contributed by atoms with Gasteiger partial charge in [-0.2, -0.15) is 0 Å². The second-order valence-electron chi connectivity index (χ2n) is 6.54. The lowest BCUT2D eigenvalue weighted by Crippen LogP contribution is -2.53. The molecule has 9 nitrogen and oxygen atoms in total. The molecule has 2 atom stereocenters. The fraction of sp³-hybridized carbons (Fsp3) is 0.556. The van der Waals surface area contributed by atoms with Crippen molar-refractivity contribution in [2.24, 2.45) is 5.92 Å². The van der Waals surface area contributed by atoms with Gasteiger partial charge in [0.05, 0.1) is 26.7 Å². The van der Waals surface area contributed by atoms with Crippen LogP contribution in [-0.2, 0) is 30.4 Å². The first-order valence-electron chi connectivity index (χ1n) is 8.57. The van der Waals surface area contributed by atoms with E-state index in [9.17, 15) is 19.2 Å². The normalized spacial score (nSPS) is 13.1. The van der Waals surface area contributed by atoms with E-state index >= 15 is 0 Å². The number of aromatic carboxylic acids is 1. The minimum Gasteiger partial charge on any atom is -0.477 e. The maximum Gasteiger partial charge on any atom is 0.345 e. The topological polar surface area (TPSA) is 122 Å². The largest absolute Gasteiger partial charge is 0.477 e. The summed E-state index contributed by atoms with van der Waals surface area (Å²) in [5.74, 6) is -2.94. The first kappa shape index (κ1) is 23.6. The molecule has 28 heavy (non-hydrogen) atoms. The second kappa shape index (κ2) is 10.8. The van der Waals surface area contributed by atoms with Crippen LogP contribution in [0.15, 0.2) is 12.1 Å². The van der Waals surface area contributed by atoms with E-state index < -0.39 is 35.9 Å². The van der Waals surface area contributed by atoms with Crippen molar-refractivity contribution in [3.63, 3.8) is 0 Å². The van der Waals surface area contributed by atoms with Gasteiger partial charge in [0.15, 0.2) is 0 Å². The second-order valence-corrected chi connectivity index (χ2v) is 7.71. The van der Waals surface area contributed by atoms with Crippen molar-refractivity contribution in [3.05, 3.63) is 21.9 Å². The van der Waals surface area contributed by atoms with Crippen LogP contribution in [0.3, 0.4) is 0 Å². The number of carbonyl (C=O) groups excluding carboxylic acids is 3. The number of carboxylic acid groups (broad SMARTS) is 1. The van der Waals surface area contributed by atoms with E-state index in [1.54, 1.807) is 18.0 Å². The monoisotopic (exact) mass is 414 g/mol. The summed E-state index contributed by atoms with van der Waals surface area (Å²) in [6.07, 6.45) is -0.337. The number of carbonyl (C=O) groups is 4. The number of thiophene rings is 1. The average molecular weight is 414 g/mol. The van der Waals surface area contributed by atoms with Crippen molar-refractivity contribution in [1.82, 2.24) is 10.2 Å². The molecule has 1 rings (SSSR count). The van der Waals surface area contributed by atoms with Crippen molar-refractivity contribution < 1.29 is 33.8 Å². The fourth-order valence-electron chi connectivity index (χ4n) is 2.78. The molecule has 1 aromatic rings. The molecular formula is C18H26N2O7S. The highest BCUT2D eigenvalue weighted by atomic mass is 32.1. The number of ether oxygens (including phenoxy) is 2. The van der Waals surface area contributed by atoms with Gasteiger partial charge < -0.3 is 19.9 Å². The molecule has 0 bridgehead atoms. The van der Waals surface area contributed by atoms with Crippen molar-refractivity contribution in [1.29, 1.82) is 0 Å². The third-order valence-electron chi connectivity index (χ3n) is 4.05. The molecular weight excluding hydrogens is 388 g/mol. The number of nitrogens with zero attached hydrogens (tertiary/aromatic N) is 1. The van der Waals surface area contributed by atoms with Crippen LogP contribution in [0.2, 0.25) is 0 Å². The van der Waals surface area contributed by atoms with Crippen LogP contribution in [0.1, 0.15) is 34.8 Å². The number of hydrogen-bond acceptors (Lipinski definition) is 8. The molecule has 1 heterocycles. The highest BCUT2D eigenvalue weighted by molar-refractivity contribution is 7.13. The van der Waals surface area contributed by atoms with E-state index in [0.717, 1.165) is 16.2 Å². The van der Waals surface area contributed by atoms with Crippen LogP contribution in [0.25, 0.3) is 0 Å². The van der Waals surface area contributed by atoms with Crippen LogP contribution in [0.4, 0.5) is 0 Å². The van der Waals surface area contributed by atoms with E-state index in [1.165, 1.54) is 20.3 Å². The Balaban J connectivity index is 2.91. The smallest absolute Gasteiger partial charge is 0.345 e. The molecule has 0 spiro atoms. The Morgan fingerprint density at radius 3 is 2.29 bits per heavy atom. The molecule has 0 aliphatic heterocycles. The highest BCUT2D eigenvalue weighted by Crippen LogP contribution is 2.20. The molecule has 1 aromatic heterocycles. The summed E-state index contributed by atoms with van der Waals surface area (Å²) in [7, 11) is 4.09. The number of likely N-dealkylation sites (N-methyl/N-ethyl adjacent to an activating group) is 1. The summed E-state index contributed by atoms with van der Waals surface area (Å²) >= 11 is 1.14. The van der Waals surface area contributed by atoms with Crippen LogP contribution < -0.4 is 5.32 Å². The zero-order valence-electron chi connectivity index (χ0n) is 16.6. The minimum absolute atomic E-state index is 0.111. The molecule has 2 N–H and O–H groups in total. The summed E-state index contributed by atoms with van der Waals surface area (Å²) in [5, 5.41) is 11.6. The molecule has 1 amide bonds. The van der Waals surface area contributed by atoms with Gasteiger partial charge in [-0.15, -0.1) is 11.3 Å². The quantitative estimate of drug-likeness (QED) is 0.546. The minimum atomic E-state index is -1.15. The van der Waals surface area contributed by atoms with Crippen LogP contribution in [0.5, 0.6) is 0 Å². The van der Waals surface area contributed by atoms with E-state index in [0.29, 0.717) is 6.54 Å². The molecule has 156 valence electrons. The van der Waals surface area contributed by atoms with E-state index in [2.05, 4.69) is 14.8 Å². The Kier molecular flexibility index (Phi) is 9.07. The number of esters is 2. The lowest BCUT2D eigenvalue weighted by atomic mass is 10.0. The highest BCUT2D eigenvalue weighted by Gasteiger charge is 2.32. The molecule has 0 radical (unpaired) electrons. The van der Waals surface area contributed by atoms with E-state index in [-0.39, 0.29) is 17.2 Å². The number of methoxy groups -OCH3 is 2. The Hall–Kier alpha value is -2.46. The Bertz CT molecular complexity index is 717. The van der Waals surface area contributed by atoms with E-state index in [1.807, 2.05) is 13.8 Å². The van der Waals surface area contributed by atoms with Crippen LogP contribution in [-0.4, -0.2) is 67.2 Å². The van der Waals surface area contributed by atoms with Crippen LogP contribution in [0, 0.1) is 5.92 Å². The summed E-state index contributed by atoms with van der Waals surface area (Å²) in [6, 6.07) is 1.46. The van der Waals surface area contributed by atoms with Gasteiger partial charge in [-0.3, -0.25) is 14.5 Å². The van der Waals surface area contributed by atoms with Gasteiger partial charge in [-0.1, -0.05) is 13.8 Å². The summed E-state index contributed by atoms with van der Waals surface area (Å²) < 4.78 is 9.21. The molecule has 10 heteroatoms. The maximum absolute atomic E-state index is 12.8. The van der Waals surface area contributed by atoms with Gasteiger partial charge >= 0.3 is 17.9 Å². The zero-order chi connectivity index (χ0) is 21.4. The molecule has 0 aliphatic carbocycles. The van der Waals surface area contributed by atoms with Gasteiger partial charge in [0.2, 0.25) is 5.91 Å². The maximum atomic E-state index is 12.8. The van der Waals surface area contributed by atoms with Gasteiger partial charge in [-0.05, 0) is 25.1 Å². The third kappa shape index (κ3) is 6.61. The number of rotatable bonds is 10. The average Bonchev–Trinajstić information content (AvgIpc) is 3.08. The van der Waals surface area contributed by atoms with E-state index in [4.69, 9.17) is 5.11 Å². The van der Waals surface area contributed by atoms with Crippen molar-refractivity contribution in [3.8, 4) is 0 Å². The van der Waals surface area contributed by atoms with Crippen molar-refractivity contribution in [2.45, 2.75) is 38.9 Å². The molecule has 0 saturated heterocycles. The zero-order valence-corrected chi connectivity index (χ0v) is 17.4. The van der Waals surface area contributed by atoms with Gasteiger partial charge in [0.1, 0.15) is 10.9 Å². The van der Waals surface area contributed by atoms with Gasteiger partial charge in [0.25, 0.3) is 0 Å². The molecule has 0 saturated carbocycles. The fourth-order valence-corrected chi connectivity index (χ4v) is 3.69. The predicted octanol–water partition coefficient (Wildman–Crippen LogP) is 1.12. The van der Waals surface area contributed by atoms with Crippen LogP contribution >= 0.6 is 11.3 Å². The lowest BCUT2D eigenvalue weighted by Gasteiger charge is -2.31. The van der Waals surface area contributed by atoms with Gasteiger partial charge in [0, 0.05) is 11.4 Å². The summed E-state index contributed by atoms with van der Waals surface area (Å²) in [5.41, 5.74) is 0. The Morgan fingerprint density at radius 1 is 1.18 bits per heavy atom. The van der Waals surface area contributed by atoms with Crippen molar-refractivity contribution >= 4 is 35.2 Å². The Labute approximate surface area is 167 Å². The van der Waals surface area contributed by atoms with Crippen molar-refractivity contribution in [2.75, 3.05) is 21.3 Å². The molecule has 0 fully saturated rings. The SMILES string of the molecule is COC(=O)C[C@H](NC(=O)[C@H](C(C)C)N(C)Cc1ccc(C(=O)O)s1)C(=O)OC. The molecule has 0 unspecified atom stereocenters. The predicted molar refractivity (Wildman–Crippen MR) is 102 cm³/mol. The first-order chi connectivity index (χ1) is 13.1. The summed E-state index contributed by atoms with van der Waals surface area (Å²) in [4.78, 5) is 50.1. The summed E-state index contributed by atoms with van der Waals surface area (Å²) in [6.45, 7) is 4.06. The molecule has 0 aliphatic rings. The number of amides is 1.